The fourth-order valence-electron chi connectivity index (χ4n) is 2.94. The fourth-order valence-corrected chi connectivity index (χ4v) is 3.10. The van der Waals surface area contributed by atoms with Crippen LogP contribution in [0.5, 0.6) is 0 Å². The SMILES string of the molecule is CCC(Nc1ncc(Cl)cc1[N+](=O)[O-])C1CCCCC1. The maximum atomic E-state index is 11.1. The molecule has 0 aromatic carbocycles. The van der Waals surface area contributed by atoms with E-state index >= 15 is 0 Å². The molecule has 0 amide bonds. The van der Waals surface area contributed by atoms with Gasteiger partial charge in [-0.3, -0.25) is 10.1 Å². The second-order valence-corrected chi connectivity index (χ2v) is 5.77. The first-order valence-corrected chi connectivity index (χ1v) is 7.56. The van der Waals surface area contributed by atoms with E-state index in [0.717, 1.165) is 6.42 Å². The predicted molar refractivity (Wildman–Crippen MR) is 80.2 cm³/mol. The molecule has 5 nitrogen and oxygen atoms in total. The van der Waals surface area contributed by atoms with Crippen LogP contribution in [0.4, 0.5) is 11.5 Å². The van der Waals surface area contributed by atoms with E-state index in [1.54, 1.807) is 0 Å². The molecule has 1 aliphatic rings. The highest BCUT2D eigenvalue weighted by molar-refractivity contribution is 6.30. The second kappa shape index (κ2) is 6.88. The number of nitrogens with one attached hydrogen (secondary N) is 1. The molecule has 0 spiro atoms. The highest BCUT2D eigenvalue weighted by atomic mass is 35.5. The van der Waals surface area contributed by atoms with Gasteiger partial charge in [0.25, 0.3) is 0 Å². The van der Waals surface area contributed by atoms with Crippen LogP contribution >= 0.6 is 11.6 Å². The smallest absolute Gasteiger partial charge is 0.312 e. The largest absolute Gasteiger partial charge is 0.361 e. The average Bonchev–Trinajstić information content (AvgIpc) is 2.46. The molecule has 1 aromatic heterocycles. The van der Waals surface area contributed by atoms with Crippen molar-refractivity contribution in [1.29, 1.82) is 0 Å². The zero-order chi connectivity index (χ0) is 14.5. The van der Waals surface area contributed by atoms with E-state index in [2.05, 4.69) is 17.2 Å². The Hall–Kier alpha value is -1.36. The van der Waals surface area contributed by atoms with Crippen LogP contribution in [0.2, 0.25) is 5.02 Å². The van der Waals surface area contributed by atoms with Gasteiger partial charge in [-0.05, 0) is 25.2 Å². The molecule has 1 unspecified atom stereocenters. The molecule has 1 atom stereocenters. The molecule has 0 saturated heterocycles. The standard InChI is InChI=1S/C14H20ClN3O2/c1-2-12(10-6-4-3-5-7-10)17-14-13(18(19)20)8-11(15)9-16-14/h8-10,12H,2-7H2,1H3,(H,16,17). The third kappa shape index (κ3) is 3.60. The molecule has 1 N–H and O–H groups in total. The van der Waals surface area contributed by atoms with E-state index in [-0.39, 0.29) is 16.8 Å². The normalized spacial score (nSPS) is 17.7. The first-order chi connectivity index (χ1) is 9.61. The number of hydrogen-bond donors (Lipinski definition) is 1. The summed E-state index contributed by atoms with van der Waals surface area (Å²) < 4.78 is 0. The summed E-state index contributed by atoms with van der Waals surface area (Å²) >= 11 is 5.79. The molecule has 0 bridgehead atoms. The van der Waals surface area contributed by atoms with E-state index in [1.165, 1.54) is 44.4 Å². The van der Waals surface area contributed by atoms with Gasteiger partial charge in [0.05, 0.1) is 9.95 Å². The van der Waals surface area contributed by atoms with E-state index in [0.29, 0.717) is 11.7 Å². The first-order valence-electron chi connectivity index (χ1n) is 7.18. The van der Waals surface area contributed by atoms with Crippen LogP contribution in [0.15, 0.2) is 12.3 Å². The van der Waals surface area contributed by atoms with Crippen molar-refractivity contribution in [2.75, 3.05) is 5.32 Å². The average molecular weight is 298 g/mol. The van der Waals surface area contributed by atoms with Crippen molar-refractivity contribution < 1.29 is 4.92 Å². The van der Waals surface area contributed by atoms with Crippen LogP contribution in [0.25, 0.3) is 0 Å². The molecule has 1 saturated carbocycles. The molecule has 110 valence electrons. The number of rotatable bonds is 5. The quantitative estimate of drug-likeness (QED) is 0.645. The number of anilines is 1. The Labute approximate surface area is 123 Å². The Bertz CT molecular complexity index is 475. The Kier molecular flexibility index (Phi) is 5.17. The minimum absolute atomic E-state index is 0.0493. The van der Waals surface area contributed by atoms with E-state index in [1.807, 2.05) is 0 Å². The molecular weight excluding hydrogens is 278 g/mol. The molecule has 1 fully saturated rings. The van der Waals surface area contributed by atoms with Crippen molar-refractivity contribution in [2.45, 2.75) is 51.5 Å². The van der Waals surface area contributed by atoms with Crippen molar-refractivity contribution >= 4 is 23.1 Å². The Morgan fingerprint density at radius 1 is 1.50 bits per heavy atom. The van der Waals surface area contributed by atoms with Crippen LogP contribution in [0, 0.1) is 16.0 Å². The molecular formula is C14H20ClN3O2. The van der Waals surface area contributed by atoms with Gasteiger partial charge >= 0.3 is 5.69 Å². The number of halogens is 1. The predicted octanol–water partition coefficient (Wildman–Crippen LogP) is 4.41. The molecule has 0 radical (unpaired) electrons. The number of hydrogen-bond acceptors (Lipinski definition) is 4. The second-order valence-electron chi connectivity index (χ2n) is 5.34. The number of pyridine rings is 1. The van der Waals surface area contributed by atoms with Crippen molar-refractivity contribution in [3.63, 3.8) is 0 Å². The lowest BCUT2D eigenvalue weighted by molar-refractivity contribution is -0.384. The summed E-state index contributed by atoms with van der Waals surface area (Å²) in [5, 5.41) is 14.6. The Morgan fingerprint density at radius 3 is 2.80 bits per heavy atom. The van der Waals surface area contributed by atoms with Crippen LogP contribution in [0.1, 0.15) is 45.4 Å². The summed E-state index contributed by atoms with van der Waals surface area (Å²) in [6, 6.07) is 1.59. The Balaban J connectivity index is 2.16. The van der Waals surface area contributed by atoms with Crippen LogP contribution in [-0.2, 0) is 0 Å². The minimum atomic E-state index is -0.436. The summed E-state index contributed by atoms with van der Waals surface area (Å²) in [4.78, 5) is 14.7. The first kappa shape index (κ1) is 15.0. The van der Waals surface area contributed by atoms with Gasteiger partial charge < -0.3 is 5.32 Å². The summed E-state index contributed by atoms with van der Waals surface area (Å²) in [5.74, 6) is 0.905. The summed E-state index contributed by atoms with van der Waals surface area (Å²) in [6.45, 7) is 2.11. The molecule has 0 aliphatic heterocycles. The van der Waals surface area contributed by atoms with E-state index < -0.39 is 4.92 Å². The summed E-state index contributed by atoms with van der Waals surface area (Å²) in [6.07, 6.45) is 8.56. The van der Waals surface area contributed by atoms with Crippen molar-refractivity contribution in [3.8, 4) is 0 Å². The molecule has 1 heterocycles. The van der Waals surface area contributed by atoms with Gasteiger partial charge in [0, 0.05) is 18.3 Å². The van der Waals surface area contributed by atoms with Gasteiger partial charge in [-0.2, -0.15) is 0 Å². The highest BCUT2D eigenvalue weighted by Gasteiger charge is 2.25. The number of aromatic nitrogens is 1. The maximum Gasteiger partial charge on any atom is 0.312 e. The summed E-state index contributed by atoms with van der Waals surface area (Å²) in [5.41, 5.74) is -0.0493. The fraction of sp³-hybridized carbons (Fsp3) is 0.643. The molecule has 1 aliphatic carbocycles. The lowest BCUT2D eigenvalue weighted by Crippen LogP contribution is -2.30. The summed E-state index contributed by atoms with van der Waals surface area (Å²) in [7, 11) is 0. The topological polar surface area (TPSA) is 68.1 Å². The zero-order valence-corrected chi connectivity index (χ0v) is 12.4. The van der Waals surface area contributed by atoms with E-state index in [4.69, 9.17) is 11.6 Å². The van der Waals surface area contributed by atoms with Crippen LogP contribution in [0.3, 0.4) is 0 Å². The van der Waals surface area contributed by atoms with Gasteiger partial charge in [-0.1, -0.05) is 37.8 Å². The van der Waals surface area contributed by atoms with Gasteiger partial charge in [0.1, 0.15) is 0 Å². The lowest BCUT2D eigenvalue weighted by Gasteiger charge is -2.30. The van der Waals surface area contributed by atoms with Gasteiger partial charge in [0.15, 0.2) is 0 Å². The Morgan fingerprint density at radius 2 is 2.20 bits per heavy atom. The van der Waals surface area contributed by atoms with Gasteiger partial charge in [-0.25, -0.2) is 4.98 Å². The van der Waals surface area contributed by atoms with Gasteiger partial charge in [-0.15, -0.1) is 0 Å². The van der Waals surface area contributed by atoms with Crippen LogP contribution < -0.4 is 5.32 Å². The monoisotopic (exact) mass is 297 g/mol. The zero-order valence-electron chi connectivity index (χ0n) is 11.6. The van der Waals surface area contributed by atoms with Crippen LogP contribution in [-0.4, -0.2) is 15.9 Å². The minimum Gasteiger partial charge on any atom is -0.361 e. The molecule has 1 aromatic rings. The third-order valence-electron chi connectivity index (χ3n) is 4.01. The highest BCUT2D eigenvalue weighted by Crippen LogP contribution is 2.32. The van der Waals surface area contributed by atoms with Gasteiger partial charge in [0.2, 0.25) is 5.82 Å². The van der Waals surface area contributed by atoms with Crippen molar-refractivity contribution in [2.24, 2.45) is 5.92 Å². The maximum absolute atomic E-state index is 11.1. The van der Waals surface area contributed by atoms with Crippen molar-refractivity contribution in [3.05, 3.63) is 27.4 Å². The lowest BCUT2D eigenvalue weighted by atomic mass is 9.83. The third-order valence-corrected chi connectivity index (χ3v) is 4.22. The number of nitrogens with zero attached hydrogens (tertiary/aromatic N) is 2. The molecule has 20 heavy (non-hydrogen) atoms. The van der Waals surface area contributed by atoms with E-state index in [9.17, 15) is 10.1 Å². The number of nitro groups is 1. The van der Waals surface area contributed by atoms with Crippen molar-refractivity contribution in [1.82, 2.24) is 4.98 Å². The molecule has 6 heteroatoms. The molecule has 2 rings (SSSR count).